The van der Waals surface area contributed by atoms with Gasteiger partial charge in [0.05, 0.1) is 6.54 Å². The van der Waals surface area contributed by atoms with E-state index in [1.54, 1.807) is 0 Å². The molecule has 1 aromatic heterocycles. The summed E-state index contributed by atoms with van der Waals surface area (Å²) in [6, 6.07) is 2.27. The van der Waals surface area contributed by atoms with Crippen LogP contribution in [0.15, 0.2) is 23.1 Å². The number of rotatable bonds is 4. The number of H-pyrrole nitrogens is 1. The SMILES string of the molecule is O=C(NCC1CCCN1CC(F)(F)F)c1cc[nH]c(=O)c1. The third-order valence-corrected chi connectivity index (χ3v) is 3.42. The first-order valence-corrected chi connectivity index (χ1v) is 6.63. The number of hydrogen-bond acceptors (Lipinski definition) is 3. The monoisotopic (exact) mass is 303 g/mol. The lowest BCUT2D eigenvalue weighted by Gasteiger charge is -2.25. The smallest absolute Gasteiger partial charge is 0.350 e. The van der Waals surface area contributed by atoms with Gasteiger partial charge in [-0.2, -0.15) is 13.2 Å². The highest BCUT2D eigenvalue weighted by Crippen LogP contribution is 2.23. The van der Waals surface area contributed by atoms with Gasteiger partial charge in [-0.1, -0.05) is 0 Å². The summed E-state index contributed by atoms with van der Waals surface area (Å²) in [6.45, 7) is -0.439. The van der Waals surface area contributed by atoms with Crippen molar-refractivity contribution in [3.63, 3.8) is 0 Å². The van der Waals surface area contributed by atoms with Crippen molar-refractivity contribution in [3.8, 4) is 0 Å². The molecule has 1 fully saturated rings. The summed E-state index contributed by atoms with van der Waals surface area (Å²) in [5, 5.41) is 2.58. The van der Waals surface area contributed by atoms with E-state index < -0.39 is 24.2 Å². The fourth-order valence-corrected chi connectivity index (χ4v) is 2.46. The van der Waals surface area contributed by atoms with Crippen LogP contribution < -0.4 is 10.9 Å². The van der Waals surface area contributed by atoms with Crippen LogP contribution in [-0.4, -0.2) is 47.6 Å². The molecule has 1 atom stereocenters. The van der Waals surface area contributed by atoms with Gasteiger partial charge in [0.25, 0.3) is 5.91 Å². The molecule has 0 radical (unpaired) electrons. The summed E-state index contributed by atoms with van der Waals surface area (Å²) < 4.78 is 37.3. The second-order valence-corrected chi connectivity index (χ2v) is 5.03. The van der Waals surface area contributed by atoms with Gasteiger partial charge in [0.15, 0.2) is 0 Å². The molecule has 0 spiro atoms. The van der Waals surface area contributed by atoms with Gasteiger partial charge in [0, 0.05) is 30.4 Å². The Labute approximate surface area is 119 Å². The fraction of sp³-hybridized carbons (Fsp3) is 0.538. The van der Waals surface area contributed by atoms with Crippen molar-refractivity contribution < 1.29 is 18.0 Å². The molecule has 116 valence electrons. The quantitative estimate of drug-likeness (QED) is 0.876. The second kappa shape index (κ2) is 6.30. The molecule has 2 N–H and O–H groups in total. The number of nitrogens with one attached hydrogen (secondary N) is 2. The molecule has 0 aliphatic carbocycles. The molecule has 0 bridgehead atoms. The van der Waals surface area contributed by atoms with Crippen molar-refractivity contribution >= 4 is 5.91 Å². The van der Waals surface area contributed by atoms with Gasteiger partial charge in [0.2, 0.25) is 5.56 Å². The Kier molecular flexibility index (Phi) is 4.66. The van der Waals surface area contributed by atoms with E-state index in [1.807, 2.05) is 0 Å². The number of amides is 1. The van der Waals surface area contributed by atoms with E-state index in [0.29, 0.717) is 19.4 Å². The number of aromatic nitrogens is 1. The van der Waals surface area contributed by atoms with Gasteiger partial charge in [-0.25, -0.2) is 0 Å². The van der Waals surface area contributed by atoms with Crippen LogP contribution in [0.3, 0.4) is 0 Å². The minimum atomic E-state index is -4.24. The predicted octanol–water partition coefficient (Wildman–Crippen LogP) is 1.13. The van der Waals surface area contributed by atoms with E-state index in [9.17, 15) is 22.8 Å². The maximum absolute atomic E-state index is 12.4. The van der Waals surface area contributed by atoms with Gasteiger partial charge < -0.3 is 10.3 Å². The van der Waals surface area contributed by atoms with Gasteiger partial charge in [0.1, 0.15) is 0 Å². The number of hydrogen-bond donors (Lipinski definition) is 2. The average molecular weight is 303 g/mol. The number of alkyl halides is 3. The Morgan fingerprint density at radius 2 is 2.24 bits per heavy atom. The number of carbonyl (C=O) groups is 1. The Morgan fingerprint density at radius 1 is 1.48 bits per heavy atom. The molecule has 2 rings (SSSR count). The summed E-state index contributed by atoms with van der Waals surface area (Å²) in [4.78, 5) is 26.7. The molecule has 1 amide bonds. The molecule has 2 heterocycles. The van der Waals surface area contributed by atoms with Crippen LogP contribution in [-0.2, 0) is 0 Å². The predicted molar refractivity (Wildman–Crippen MR) is 70.0 cm³/mol. The first-order valence-electron chi connectivity index (χ1n) is 6.63. The van der Waals surface area contributed by atoms with E-state index in [-0.39, 0.29) is 18.2 Å². The summed E-state index contributed by atoms with van der Waals surface area (Å²) in [6.07, 6.45) is -1.59. The lowest BCUT2D eigenvalue weighted by molar-refractivity contribution is -0.147. The fourth-order valence-electron chi connectivity index (χ4n) is 2.46. The number of aromatic amines is 1. The number of halogens is 3. The Morgan fingerprint density at radius 3 is 2.90 bits per heavy atom. The van der Waals surface area contributed by atoms with Crippen LogP contribution in [0.4, 0.5) is 13.2 Å². The van der Waals surface area contributed by atoms with Crippen LogP contribution >= 0.6 is 0 Å². The molecule has 0 saturated carbocycles. The summed E-state index contributed by atoms with van der Waals surface area (Å²) in [7, 11) is 0. The van der Waals surface area contributed by atoms with Crippen LogP contribution in [0.1, 0.15) is 23.2 Å². The van der Waals surface area contributed by atoms with E-state index >= 15 is 0 Å². The maximum Gasteiger partial charge on any atom is 0.401 e. The number of pyridine rings is 1. The van der Waals surface area contributed by atoms with Gasteiger partial charge >= 0.3 is 6.18 Å². The highest BCUT2D eigenvalue weighted by molar-refractivity contribution is 5.93. The molecular formula is C13H16F3N3O2. The Balaban J connectivity index is 1.90. The summed E-state index contributed by atoms with van der Waals surface area (Å²) in [5.41, 5.74) is -0.207. The first-order chi connectivity index (χ1) is 9.85. The minimum Gasteiger partial charge on any atom is -0.350 e. The molecule has 8 heteroatoms. The minimum absolute atomic E-state index is 0.141. The highest BCUT2D eigenvalue weighted by atomic mass is 19.4. The zero-order valence-electron chi connectivity index (χ0n) is 11.2. The zero-order chi connectivity index (χ0) is 15.5. The van der Waals surface area contributed by atoms with E-state index in [2.05, 4.69) is 10.3 Å². The first kappa shape index (κ1) is 15.6. The van der Waals surface area contributed by atoms with Gasteiger partial charge in [-0.15, -0.1) is 0 Å². The Hall–Kier alpha value is -1.83. The molecular weight excluding hydrogens is 287 g/mol. The van der Waals surface area contributed by atoms with Crippen molar-refractivity contribution in [1.82, 2.24) is 15.2 Å². The highest BCUT2D eigenvalue weighted by Gasteiger charge is 2.36. The van der Waals surface area contributed by atoms with Crippen molar-refractivity contribution in [3.05, 3.63) is 34.2 Å². The maximum atomic E-state index is 12.4. The number of nitrogens with zero attached hydrogens (tertiary/aromatic N) is 1. The van der Waals surface area contributed by atoms with Crippen molar-refractivity contribution in [2.45, 2.75) is 25.1 Å². The molecule has 1 saturated heterocycles. The second-order valence-electron chi connectivity index (χ2n) is 5.03. The van der Waals surface area contributed by atoms with Gasteiger partial charge in [-0.3, -0.25) is 14.5 Å². The van der Waals surface area contributed by atoms with Crippen LogP contribution in [0.2, 0.25) is 0 Å². The van der Waals surface area contributed by atoms with E-state index in [1.165, 1.54) is 17.2 Å². The van der Waals surface area contributed by atoms with Gasteiger partial charge in [-0.05, 0) is 25.5 Å². The molecule has 1 aliphatic rings. The third-order valence-electron chi connectivity index (χ3n) is 3.42. The molecule has 1 aromatic rings. The Bertz CT molecular complexity index is 556. The molecule has 1 unspecified atom stereocenters. The van der Waals surface area contributed by atoms with Crippen LogP contribution in [0.5, 0.6) is 0 Å². The molecule has 0 aromatic carbocycles. The average Bonchev–Trinajstić information content (AvgIpc) is 2.81. The van der Waals surface area contributed by atoms with Crippen LogP contribution in [0, 0.1) is 0 Å². The van der Waals surface area contributed by atoms with Crippen molar-refractivity contribution in [2.24, 2.45) is 0 Å². The standard InChI is InChI=1S/C13H16F3N3O2/c14-13(15,16)8-19-5-1-2-10(19)7-18-12(21)9-3-4-17-11(20)6-9/h3-4,6,10H,1-2,5,7-8H2,(H,17,20)(H,18,21). The lowest BCUT2D eigenvalue weighted by atomic mass is 10.2. The van der Waals surface area contributed by atoms with E-state index in [0.717, 1.165) is 6.07 Å². The summed E-state index contributed by atoms with van der Waals surface area (Å²) in [5.74, 6) is -0.458. The van der Waals surface area contributed by atoms with Crippen molar-refractivity contribution in [2.75, 3.05) is 19.6 Å². The summed E-state index contributed by atoms with van der Waals surface area (Å²) >= 11 is 0. The normalized spacial score (nSPS) is 19.7. The third kappa shape index (κ3) is 4.59. The molecule has 5 nitrogen and oxygen atoms in total. The topological polar surface area (TPSA) is 65.2 Å². The van der Waals surface area contributed by atoms with Crippen molar-refractivity contribution in [1.29, 1.82) is 0 Å². The molecule has 21 heavy (non-hydrogen) atoms. The largest absolute Gasteiger partial charge is 0.401 e. The molecule has 1 aliphatic heterocycles. The zero-order valence-corrected chi connectivity index (χ0v) is 11.2. The number of likely N-dealkylation sites (tertiary alicyclic amines) is 1. The van der Waals surface area contributed by atoms with E-state index in [4.69, 9.17) is 0 Å². The number of carbonyl (C=O) groups excluding carboxylic acids is 1. The van der Waals surface area contributed by atoms with Crippen LogP contribution in [0.25, 0.3) is 0 Å². The lowest BCUT2D eigenvalue weighted by Crippen LogP contribution is -2.44.